The Morgan fingerprint density at radius 1 is 1.21 bits per heavy atom. The third-order valence-corrected chi connectivity index (χ3v) is 1.68. The van der Waals surface area contributed by atoms with E-state index in [0.717, 1.165) is 19.3 Å². The average molecular weight is 202 g/mol. The second kappa shape index (κ2) is 8.34. The summed E-state index contributed by atoms with van der Waals surface area (Å²) in [6, 6.07) is 0. The minimum atomic E-state index is -0.589. The highest BCUT2D eigenvalue weighted by Gasteiger charge is 2.03. The van der Waals surface area contributed by atoms with Gasteiger partial charge in [0.25, 0.3) is 0 Å². The molecule has 0 spiro atoms. The number of rotatable bonds is 6. The monoisotopic (exact) mass is 202 g/mol. The van der Waals surface area contributed by atoms with Gasteiger partial charge in [0.1, 0.15) is 0 Å². The molecular formula is C9H18N2O3. The van der Waals surface area contributed by atoms with E-state index in [1.165, 1.54) is 7.11 Å². The molecule has 0 bridgehead atoms. The molecule has 0 aliphatic heterocycles. The first-order chi connectivity index (χ1) is 6.70. The first kappa shape index (κ1) is 12.7. The number of carbonyl (C=O) groups is 2. The van der Waals surface area contributed by atoms with Crippen molar-refractivity contribution < 1.29 is 14.3 Å². The number of nitrogens with one attached hydrogen (secondary N) is 2. The molecule has 0 radical (unpaired) electrons. The van der Waals surface area contributed by atoms with Crippen LogP contribution in [0.5, 0.6) is 0 Å². The molecule has 0 heterocycles. The van der Waals surface area contributed by atoms with Gasteiger partial charge >= 0.3 is 6.09 Å². The normalized spacial score (nSPS) is 9.29. The average Bonchev–Trinajstić information content (AvgIpc) is 2.21. The van der Waals surface area contributed by atoms with Crippen molar-refractivity contribution in [3.63, 3.8) is 0 Å². The van der Waals surface area contributed by atoms with Crippen molar-refractivity contribution in [3.8, 4) is 0 Å². The highest BCUT2D eigenvalue weighted by atomic mass is 16.5. The van der Waals surface area contributed by atoms with Crippen molar-refractivity contribution in [2.75, 3.05) is 20.2 Å². The molecule has 5 nitrogen and oxygen atoms in total. The van der Waals surface area contributed by atoms with Gasteiger partial charge in [0, 0.05) is 6.54 Å². The van der Waals surface area contributed by atoms with E-state index in [9.17, 15) is 9.59 Å². The maximum atomic E-state index is 11.0. The van der Waals surface area contributed by atoms with Crippen LogP contribution in [-0.2, 0) is 9.53 Å². The second-order valence-corrected chi connectivity index (χ2v) is 2.90. The van der Waals surface area contributed by atoms with Crippen LogP contribution in [0.4, 0.5) is 4.79 Å². The smallest absolute Gasteiger partial charge is 0.407 e. The summed E-state index contributed by atoms with van der Waals surface area (Å²) in [6.07, 6.45) is 2.61. The fourth-order valence-electron chi connectivity index (χ4n) is 0.890. The van der Waals surface area contributed by atoms with Gasteiger partial charge in [0.2, 0.25) is 5.91 Å². The third-order valence-electron chi connectivity index (χ3n) is 1.68. The molecule has 0 saturated heterocycles. The second-order valence-electron chi connectivity index (χ2n) is 2.90. The Morgan fingerprint density at radius 2 is 1.93 bits per heavy atom. The number of alkyl carbamates (subject to hydrolysis) is 1. The summed E-state index contributed by atoms with van der Waals surface area (Å²) in [5.41, 5.74) is 0. The summed E-state index contributed by atoms with van der Waals surface area (Å²) >= 11 is 0. The molecule has 0 aromatic carbocycles. The molecule has 0 aliphatic rings. The van der Waals surface area contributed by atoms with Crippen molar-refractivity contribution in [2.24, 2.45) is 0 Å². The summed E-state index contributed by atoms with van der Waals surface area (Å²) < 4.78 is 4.31. The molecule has 0 aromatic heterocycles. The maximum absolute atomic E-state index is 11.0. The summed E-state index contributed by atoms with van der Waals surface area (Å²) in [7, 11) is 1.26. The predicted octanol–water partition coefficient (Wildman–Crippen LogP) is 0.649. The van der Waals surface area contributed by atoms with Gasteiger partial charge in [-0.1, -0.05) is 19.8 Å². The van der Waals surface area contributed by atoms with Crippen LogP contribution in [0.25, 0.3) is 0 Å². The summed E-state index contributed by atoms with van der Waals surface area (Å²) in [4.78, 5) is 21.6. The first-order valence-electron chi connectivity index (χ1n) is 4.79. The molecule has 14 heavy (non-hydrogen) atoms. The van der Waals surface area contributed by atoms with E-state index in [0.29, 0.717) is 6.54 Å². The van der Waals surface area contributed by atoms with Crippen LogP contribution in [-0.4, -0.2) is 32.2 Å². The van der Waals surface area contributed by atoms with Crippen LogP contribution < -0.4 is 10.6 Å². The standard InChI is InChI=1S/C9H18N2O3/c1-3-4-5-6-10-8(12)7-11-9(13)14-2/h3-7H2,1-2H3,(H,10,12)(H,11,13). The molecule has 2 N–H and O–H groups in total. The van der Waals surface area contributed by atoms with Crippen LogP contribution in [0.15, 0.2) is 0 Å². The molecule has 5 heteroatoms. The van der Waals surface area contributed by atoms with Crippen LogP contribution in [0.2, 0.25) is 0 Å². The van der Waals surface area contributed by atoms with E-state index >= 15 is 0 Å². The van der Waals surface area contributed by atoms with Gasteiger partial charge in [0.15, 0.2) is 0 Å². The number of amides is 2. The fraction of sp³-hybridized carbons (Fsp3) is 0.778. The number of hydrogen-bond donors (Lipinski definition) is 2. The maximum Gasteiger partial charge on any atom is 0.407 e. The van der Waals surface area contributed by atoms with Gasteiger partial charge in [-0.3, -0.25) is 4.79 Å². The lowest BCUT2D eigenvalue weighted by molar-refractivity contribution is -0.120. The zero-order chi connectivity index (χ0) is 10.8. The molecule has 0 atom stereocenters. The Balaban J connectivity index is 3.32. The largest absolute Gasteiger partial charge is 0.453 e. The third kappa shape index (κ3) is 7.39. The number of unbranched alkanes of at least 4 members (excludes halogenated alkanes) is 2. The van der Waals surface area contributed by atoms with Crippen LogP contribution >= 0.6 is 0 Å². The van der Waals surface area contributed by atoms with Crippen molar-refractivity contribution in [2.45, 2.75) is 26.2 Å². The molecule has 0 saturated carbocycles. The lowest BCUT2D eigenvalue weighted by Gasteiger charge is -2.05. The Labute approximate surface area is 84.2 Å². The molecule has 0 rings (SSSR count). The molecule has 82 valence electrons. The van der Waals surface area contributed by atoms with Gasteiger partial charge in [-0.05, 0) is 6.42 Å². The molecular weight excluding hydrogens is 184 g/mol. The molecule has 0 aromatic rings. The van der Waals surface area contributed by atoms with E-state index in [-0.39, 0.29) is 12.5 Å². The van der Waals surface area contributed by atoms with E-state index in [1.807, 2.05) is 0 Å². The molecule has 0 aliphatic carbocycles. The molecule has 0 unspecified atom stereocenters. The minimum absolute atomic E-state index is 0.0290. The van der Waals surface area contributed by atoms with Gasteiger partial charge < -0.3 is 15.4 Å². The lowest BCUT2D eigenvalue weighted by Crippen LogP contribution is -2.37. The van der Waals surface area contributed by atoms with Gasteiger partial charge in [0.05, 0.1) is 13.7 Å². The van der Waals surface area contributed by atoms with E-state index < -0.39 is 6.09 Å². The number of methoxy groups -OCH3 is 1. The lowest BCUT2D eigenvalue weighted by atomic mass is 10.2. The van der Waals surface area contributed by atoms with Crippen LogP contribution in [0, 0.1) is 0 Å². The number of ether oxygens (including phenoxy) is 1. The zero-order valence-corrected chi connectivity index (χ0v) is 8.76. The highest BCUT2D eigenvalue weighted by Crippen LogP contribution is 1.90. The quantitative estimate of drug-likeness (QED) is 0.621. The Kier molecular flexibility index (Phi) is 7.59. The topological polar surface area (TPSA) is 67.4 Å². The summed E-state index contributed by atoms with van der Waals surface area (Å²) in [5, 5.41) is 4.99. The Morgan fingerprint density at radius 3 is 2.50 bits per heavy atom. The molecule has 0 fully saturated rings. The van der Waals surface area contributed by atoms with Crippen LogP contribution in [0.1, 0.15) is 26.2 Å². The van der Waals surface area contributed by atoms with Crippen molar-refractivity contribution >= 4 is 12.0 Å². The Hall–Kier alpha value is -1.26. The van der Waals surface area contributed by atoms with Crippen LogP contribution in [0.3, 0.4) is 0 Å². The van der Waals surface area contributed by atoms with E-state index in [2.05, 4.69) is 22.3 Å². The van der Waals surface area contributed by atoms with Crippen molar-refractivity contribution in [1.29, 1.82) is 0 Å². The zero-order valence-electron chi connectivity index (χ0n) is 8.76. The van der Waals surface area contributed by atoms with Crippen molar-refractivity contribution in [1.82, 2.24) is 10.6 Å². The highest BCUT2D eigenvalue weighted by molar-refractivity contribution is 5.81. The van der Waals surface area contributed by atoms with Gasteiger partial charge in [-0.2, -0.15) is 0 Å². The van der Waals surface area contributed by atoms with Gasteiger partial charge in [-0.25, -0.2) is 4.79 Å². The Bertz CT molecular complexity index is 183. The minimum Gasteiger partial charge on any atom is -0.453 e. The first-order valence-corrected chi connectivity index (χ1v) is 4.79. The number of carbonyl (C=O) groups excluding carboxylic acids is 2. The summed E-state index contributed by atoms with van der Waals surface area (Å²) in [6.45, 7) is 2.73. The molecule has 2 amide bonds. The van der Waals surface area contributed by atoms with E-state index in [4.69, 9.17) is 0 Å². The SMILES string of the molecule is CCCCCNC(=O)CNC(=O)OC. The predicted molar refractivity (Wildman–Crippen MR) is 52.9 cm³/mol. The van der Waals surface area contributed by atoms with E-state index in [1.54, 1.807) is 0 Å². The summed E-state index contributed by atoms with van der Waals surface area (Å²) in [5.74, 6) is -0.188. The number of hydrogen-bond acceptors (Lipinski definition) is 3. The fourth-order valence-corrected chi connectivity index (χ4v) is 0.890. The van der Waals surface area contributed by atoms with Gasteiger partial charge in [-0.15, -0.1) is 0 Å². The van der Waals surface area contributed by atoms with Crippen molar-refractivity contribution in [3.05, 3.63) is 0 Å².